The van der Waals surface area contributed by atoms with Gasteiger partial charge in [0.1, 0.15) is 11.6 Å². The number of nitrogens with zero attached hydrogens (tertiary/aromatic N) is 2. The molecule has 0 spiro atoms. The van der Waals surface area contributed by atoms with Crippen molar-refractivity contribution in [2.75, 3.05) is 0 Å². The molecule has 0 bridgehead atoms. The average Bonchev–Trinajstić information content (AvgIpc) is 2.82. The van der Waals surface area contributed by atoms with Crippen molar-refractivity contribution < 1.29 is 9.18 Å². The molecule has 0 saturated heterocycles. The summed E-state index contributed by atoms with van der Waals surface area (Å²) in [5.41, 5.74) is 6.41. The van der Waals surface area contributed by atoms with Gasteiger partial charge in [-0.05, 0) is 25.0 Å². The van der Waals surface area contributed by atoms with Crippen molar-refractivity contribution in [3.8, 4) is 0 Å². The highest BCUT2D eigenvalue weighted by atomic mass is 19.1. The van der Waals surface area contributed by atoms with Crippen LogP contribution in [0.25, 0.3) is 0 Å². The number of halogens is 1. The zero-order valence-corrected chi connectivity index (χ0v) is 10.3. The molecular weight excluding hydrogens is 235 g/mol. The Morgan fingerprint density at radius 1 is 1.56 bits per heavy atom. The third-order valence-electron chi connectivity index (χ3n) is 3.02. The Bertz CT molecular complexity index is 489. The minimum atomic E-state index is -0.496. The summed E-state index contributed by atoms with van der Waals surface area (Å²) in [7, 11) is 0. The van der Waals surface area contributed by atoms with Crippen LogP contribution in [0, 0.1) is 11.7 Å². The van der Waals surface area contributed by atoms with E-state index in [9.17, 15) is 9.18 Å². The monoisotopic (exact) mass is 250 g/mol. The number of ketones is 1. The Morgan fingerprint density at radius 3 is 2.89 bits per heavy atom. The topological polar surface area (TPSA) is 65.8 Å². The Labute approximate surface area is 104 Å². The first-order valence-electron chi connectivity index (χ1n) is 5.77. The smallest absolute Gasteiger partial charge is 0.169 e. The van der Waals surface area contributed by atoms with Gasteiger partial charge >= 0.3 is 0 Å². The zero-order valence-electron chi connectivity index (χ0n) is 10.3. The van der Waals surface area contributed by atoms with Crippen LogP contribution in [-0.2, 0) is 11.2 Å². The van der Waals surface area contributed by atoms with Gasteiger partial charge in [-0.15, -0.1) is 5.11 Å². The highest BCUT2D eigenvalue weighted by Gasteiger charge is 2.18. The number of hydrazine groups is 1. The summed E-state index contributed by atoms with van der Waals surface area (Å²) in [5, 5.41) is 7.32. The Kier molecular flexibility index (Phi) is 3.66. The van der Waals surface area contributed by atoms with Gasteiger partial charge in [0.15, 0.2) is 6.17 Å². The van der Waals surface area contributed by atoms with E-state index in [0.717, 1.165) is 5.56 Å². The maximum atomic E-state index is 13.9. The first-order chi connectivity index (χ1) is 8.58. The Morgan fingerprint density at radius 2 is 2.33 bits per heavy atom. The van der Waals surface area contributed by atoms with Gasteiger partial charge in [0, 0.05) is 11.5 Å². The quantitative estimate of drug-likeness (QED) is 0.859. The lowest BCUT2D eigenvalue weighted by atomic mass is 9.97. The molecule has 1 aliphatic rings. The van der Waals surface area contributed by atoms with E-state index >= 15 is 0 Å². The molecule has 1 aromatic rings. The molecule has 2 N–H and O–H groups in total. The fourth-order valence-corrected chi connectivity index (χ4v) is 1.76. The van der Waals surface area contributed by atoms with E-state index in [1.807, 2.05) is 13.0 Å². The van der Waals surface area contributed by atoms with Gasteiger partial charge in [0.05, 0.1) is 0 Å². The minimum Gasteiger partial charge on any atom is -0.300 e. The molecule has 18 heavy (non-hydrogen) atoms. The predicted octanol–water partition coefficient (Wildman–Crippen LogP) is 2.07. The Hall–Kier alpha value is -1.82. The molecule has 5 nitrogen and oxygen atoms in total. The van der Waals surface area contributed by atoms with E-state index < -0.39 is 6.17 Å². The highest BCUT2D eigenvalue weighted by Crippen LogP contribution is 2.22. The van der Waals surface area contributed by atoms with Crippen LogP contribution < -0.4 is 11.0 Å². The highest BCUT2D eigenvalue weighted by molar-refractivity contribution is 5.78. The Balaban J connectivity index is 2.14. The van der Waals surface area contributed by atoms with E-state index in [-0.39, 0.29) is 17.5 Å². The fourth-order valence-electron chi connectivity index (χ4n) is 1.76. The van der Waals surface area contributed by atoms with E-state index in [0.29, 0.717) is 12.0 Å². The van der Waals surface area contributed by atoms with Crippen molar-refractivity contribution in [3.63, 3.8) is 0 Å². The normalized spacial score (nSPS) is 19.6. The van der Waals surface area contributed by atoms with Crippen LogP contribution in [0.3, 0.4) is 0 Å². The average molecular weight is 250 g/mol. The molecule has 0 amide bonds. The summed E-state index contributed by atoms with van der Waals surface area (Å²) < 4.78 is 13.9. The lowest BCUT2D eigenvalue weighted by molar-refractivity contribution is -0.120. The van der Waals surface area contributed by atoms with Crippen LogP contribution >= 0.6 is 0 Å². The van der Waals surface area contributed by atoms with Crippen LogP contribution in [-0.4, -0.2) is 5.78 Å². The van der Waals surface area contributed by atoms with E-state index in [4.69, 9.17) is 0 Å². The van der Waals surface area contributed by atoms with E-state index in [2.05, 4.69) is 21.3 Å². The molecule has 0 saturated carbocycles. The summed E-state index contributed by atoms with van der Waals surface area (Å²) in [5.74, 6) is -0.334. The molecule has 2 unspecified atom stereocenters. The van der Waals surface area contributed by atoms with Crippen LogP contribution in [0.15, 0.2) is 28.5 Å². The van der Waals surface area contributed by atoms with Crippen molar-refractivity contribution in [1.29, 1.82) is 0 Å². The summed E-state index contributed by atoms with van der Waals surface area (Å²) in [6.45, 7) is 3.38. The largest absolute Gasteiger partial charge is 0.300 e. The van der Waals surface area contributed by atoms with Crippen molar-refractivity contribution in [2.24, 2.45) is 16.3 Å². The van der Waals surface area contributed by atoms with Gasteiger partial charge in [0.25, 0.3) is 0 Å². The molecule has 1 aromatic carbocycles. The molecule has 1 heterocycles. The zero-order chi connectivity index (χ0) is 13.1. The lowest BCUT2D eigenvalue weighted by Gasteiger charge is -2.11. The molecule has 2 rings (SSSR count). The second-order valence-corrected chi connectivity index (χ2v) is 4.45. The summed E-state index contributed by atoms with van der Waals surface area (Å²) >= 11 is 0. The molecule has 2 atom stereocenters. The van der Waals surface area contributed by atoms with Crippen molar-refractivity contribution in [2.45, 2.75) is 26.4 Å². The van der Waals surface area contributed by atoms with E-state index in [1.54, 1.807) is 13.0 Å². The second kappa shape index (κ2) is 5.22. The second-order valence-electron chi connectivity index (χ2n) is 4.45. The first-order valence-corrected chi connectivity index (χ1v) is 5.77. The third-order valence-corrected chi connectivity index (χ3v) is 3.02. The molecule has 0 fully saturated rings. The summed E-state index contributed by atoms with van der Waals surface area (Å²) in [6.07, 6.45) is 0.0500. The van der Waals surface area contributed by atoms with Crippen LogP contribution in [0.4, 0.5) is 4.39 Å². The maximum absolute atomic E-state index is 13.9. The lowest BCUT2D eigenvalue weighted by Crippen LogP contribution is -2.24. The number of rotatable bonds is 4. The van der Waals surface area contributed by atoms with Crippen molar-refractivity contribution >= 4 is 5.78 Å². The minimum absolute atomic E-state index is 0.0961. The van der Waals surface area contributed by atoms with Gasteiger partial charge in [-0.25, -0.2) is 9.93 Å². The van der Waals surface area contributed by atoms with Gasteiger partial charge in [-0.2, -0.15) is 5.43 Å². The van der Waals surface area contributed by atoms with Crippen molar-refractivity contribution in [3.05, 3.63) is 35.1 Å². The number of hydrogen-bond donors (Lipinski definition) is 2. The summed E-state index contributed by atoms with van der Waals surface area (Å²) in [6, 6.07) is 4.93. The number of hydrogen-bond acceptors (Lipinski definition) is 5. The molecule has 0 aromatic heterocycles. The van der Waals surface area contributed by atoms with E-state index in [1.165, 1.54) is 6.07 Å². The van der Waals surface area contributed by atoms with Gasteiger partial charge < -0.3 is 0 Å². The fraction of sp³-hybridized carbons (Fsp3) is 0.417. The maximum Gasteiger partial charge on any atom is 0.169 e. The molecule has 96 valence electrons. The molecular formula is C12H15FN4O. The summed E-state index contributed by atoms with van der Waals surface area (Å²) in [4.78, 5) is 11.2. The predicted molar refractivity (Wildman–Crippen MR) is 63.8 cm³/mol. The van der Waals surface area contributed by atoms with Crippen LogP contribution in [0.1, 0.15) is 31.1 Å². The van der Waals surface area contributed by atoms with Crippen molar-refractivity contribution in [1.82, 2.24) is 11.0 Å². The number of Topliss-reactive ketones (excluding diaryl/α,β-unsaturated/α-hetero) is 1. The molecule has 0 aliphatic carbocycles. The first kappa shape index (κ1) is 12.6. The standard InChI is InChI=1S/C12H15FN4O/c1-7(8(2)18)5-9-3-4-10(11(13)6-9)12-14-16-17-15-12/h3-4,6-7,12H,5H2,1-2H3,(H,14,17)(H,15,16). The van der Waals surface area contributed by atoms with Gasteiger partial charge in [0.2, 0.25) is 0 Å². The van der Waals surface area contributed by atoms with Crippen LogP contribution in [0.2, 0.25) is 0 Å². The molecule has 1 aliphatic heterocycles. The number of benzene rings is 1. The number of carbonyl (C=O) groups excluding carboxylic acids is 1. The molecule has 6 heteroatoms. The van der Waals surface area contributed by atoms with Gasteiger partial charge in [-0.3, -0.25) is 4.79 Å². The van der Waals surface area contributed by atoms with Crippen LogP contribution in [0.5, 0.6) is 0 Å². The van der Waals surface area contributed by atoms with Gasteiger partial charge in [-0.1, -0.05) is 24.3 Å². The SMILES string of the molecule is CC(=O)C(C)Cc1ccc(C2N=NNN2)c(F)c1. The number of nitrogens with one attached hydrogen (secondary N) is 2. The third kappa shape index (κ3) is 2.70. The molecule has 0 radical (unpaired) electrons. The number of carbonyl (C=O) groups is 1.